The van der Waals surface area contributed by atoms with Gasteiger partial charge in [0.05, 0.1) is 57.6 Å². The number of likely N-dealkylation sites (tertiary alicyclic amines) is 2. The molecule has 1 unspecified atom stereocenters. The van der Waals surface area contributed by atoms with Crippen LogP contribution in [-0.2, 0) is 69.6 Å². The number of piperidine rings is 2. The minimum Gasteiger partial charge on any atom is -0.392 e. The summed E-state index contributed by atoms with van der Waals surface area (Å²) in [4.78, 5) is 27.1. The molecule has 5 aliphatic rings. The number of carbonyl (C=O) groups is 2. The van der Waals surface area contributed by atoms with E-state index in [4.69, 9.17) is 14.2 Å². The number of hydrogen-bond donors (Lipinski definition) is 1. The van der Waals surface area contributed by atoms with Gasteiger partial charge >= 0.3 is 0 Å². The second-order valence-electron chi connectivity index (χ2n) is 11.9. The SMILES string of the molecule is C.C.O=C1CCOCC1.O=C1[C@@H]2COC[C@H]1CN(Cc1ccccc1)C2.OC1[C@@H]2COC[C@H]1CN(Cc1ccccc1)C2.[Y]. The van der Waals surface area contributed by atoms with Gasteiger partial charge in [-0.15, -0.1) is 0 Å². The monoisotopic (exact) mass is 685 g/mol. The summed E-state index contributed by atoms with van der Waals surface area (Å²) in [6.45, 7) is 9.46. The first-order valence-electron chi connectivity index (χ1n) is 15.0. The van der Waals surface area contributed by atoms with Gasteiger partial charge in [-0.05, 0) is 11.1 Å². The number of hydrogen-bond acceptors (Lipinski definition) is 8. The van der Waals surface area contributed by atoms with Gasteiger partial charge in [-0.1, -0.05) is 75.5 Å². The Labute approximate surface area is 289 Å². The van der Waals surface area contributed by atoms with E-state index >= 15 is 0 Å². The van der Waals surface area contributed by atoms with E-state index in [1.807, 2.05) is 12.1 Å². The second kappa shape index (κ2) is 20.0. The zero-order valence-electron chi connectivity index (χ0n) is 24.5. The largest absolute Gasteiger partial charge is 0.392 e. The number of benzene rings is 2. The average molecular weight is 686 g/mol. The van der Waals surface area contributed by atoms with E-state index in [0.29, 0.717) is 75.9 Å². The van der Waals surface area contributed by atoms with E-state index < -0.39 is 0 Å². The first-order chi connectivity index (χ1) is 20.0. The molecule has 0 spiro atoms. The molecule has 5 aliphatic heterocycles. The van der Waals surface area contributed by atoms with Crippen LogP contribution in [0.15, 0.2) is 60.7 Å². The van der Waals surface area contributed by atoms with E-state index in [9.17, 15) is 14.7 Å². The van der Waals surface area contributed by atoms with E-state index in [1.165, 1.54) is 11.1 Å². The van der Waals surface area contributed by atoms with Crippen LogP contribution in [0, 0.1) is 23.7 Å². The summed E-state index contributed by atoms with van der Waals surface area (Å²) in [6, 6.07) is 21.0. The van der Waals surface area contributed by atoms with Crippen molar-refractivity contribution < 1.29 is 61.6 Å². The number of fused-ring (bicyclic) bond motifs is 4. The summed E-state index contributed by atoms with van der Waals surface area (Å²) in [5.41, 5.74) is 2.67. The first-order valence-corrected chi connectivity index (χ1v) is 15.0. The van der Waals surface area contributed by atoms with Crippen LogP contribution >= 0.6 is 0 Å². The molecule has 7 rings (SSSR count). The third-order valence-corrected chi connectivity index (χ3v) is 8.56. The van der Waals surface area contributed by atoms with Crippen LogP contribution in [0.3, 0.4) is 0 Å². The Morgan fingerprint density at radius 3 is 1.50 bits per heavy atom. The van der Waals surface area contributed by atoms with Crippen LogP contribution in [0.2, 0.25) is 0 Å². The van der Waals surface area contributed by atoms with Gasteiger partial charge in [0, 0.05) is 96.7 Å². The molecule has 5 fully saturated rings. The van der Waals surface area contributed by atoms with Gasteiger partial charge in [-0.25, -0.2) is 0 Å². The van der Waals surface area contributed by atoms with Gasteiger partial charge in [-0.2, -0.15) is 0 Å². The molecule has 1 radical (unpaired) electrons. The fourth-order valence-corrected chi connectivity index (χ4v) is 6.39. The van der Waals surface area contributed by atoms with Crippen LogP contribution in [-0.4, -0.2) is 98.4 Å². The molecule has 9 heteroatoms. The van der Waals surface area contributed by atoms with Crippen LogP contribution in [0.4, 0.5) is 0 Å². The van der Waals surface area contributed by atoms with Gasteiger partial charge in [0.25, 0.3) is 0 Å². The predicted octanol–water partition coefficient (Wildman–Crippen LogP) is 4.10. The van der Waals surface area contributed by atoms with Crippen LogP contribution in [0.5, 0.6) is 0 Å². The normalized spacial score (nSPS) is 27.9. The third kappa shape index (κ3) is 11.5. The molecule has 8 nitrogen and oxygen atoms in total. The molecular weight excluding hydrogens is 633 g/mol. The molecule has 5 atom stereocenters. The maximum absolute atomic E-state index is 11.9. The van der Waals surface area contributed by atoms with Gasteiger partial charge < -0.3 is 19.3 Å². The molecule has 0 saturated carbocycles. The fourth-order valence-electron chi connectivity index (χ4n) is 6.39. The van der Waals surface area contributed by atoms with Crippen LogP contribution in [0.25, 0.3) is 0 Å². The standard InChI is InChI=1S/C14H19NO2.C14H17NO2.C5H8O2.2CH4.Y/c2*16-14-12-7-15(8-13(14)10-17-9-12)6-11-4-2-1-3-5-11;6-5-1-3-7-4-2-5;;;/h1-5,12-14,16H,6-10H2;1-5,12-13H,6-10H2;1-4H2;2*1H4;/t12-,13+,14?;12-,13+;;;;. The Bertz CT molecular complexity index is 1070. The van der Waals surface area contributed by atoms with E-state index in [0.717, 1.165) is 39.3 Å². The molecular formula is C35H52N2O6Y. The van der Waals surface area contributed by atoms with E-state index in [2.05, 4.69) is 58.3 Å². The number of carbonyl (C=O) groups excluding carboxylic acids is 2. The molecule has 0 aliphatic carbocycles. The van der Waals surface area contributed by atoms with Crippen LogP contribution < -0.4 is 0 Å². The maximum Gasteiger partial charge on any atom is 0.146 e. The summed E-state index contributed by atoms with van der Waals surface area (Å²) < 4.78 is 15.9. The third-order valence-electron chi connectivity index (χ3n) is 8.56. The number of ketones is 2. The maximum atomic E-state index is 11.9. The topological polar surface area (TPSA) is 88.5 Å². The second-order valence-corrected chi connectivity index (χ2v) is 11.9. The van der Waals surface area contributed by atoms with Crippen molar-refractivity contribution >= 4 is 11.6 Å². The zero-order valence-corrected chi connectivity index (χ0v) is 27.4. The molecule has 2 aromatic rings. The molecule has 0 aromatic heterocycles. The minimum absolute atomic E-state index is 0. The Morgan fingerprint density at radius 2 is 1.07 bits per heavy atom. The Balaban J connectivity index is 0.000000239. The molecule has 4 bridgehead atoms. The molecule has 0 amide bonds. The zero-order chi connectivity index (χ0) is 28.4. The number of rotatable bonds is 4. The van der Waals surface area contributed by atoms with Crippen molar-refractivity contribution in [3.8, 4) is 0 Å². The number of nitrogens with zero attached hydrogens (tertiary/aromatic N) is 2. The Kier molecular flexibility index (Phi) is 17.7. The van der Waals surface area contributed by atoms with Gasteiger partial charge in [0.15, 0.2) is 0 Å². The van der Waals surface area contributed by atoms with Gasteiger partial charge in [0.1, 0.15) is 11.6 Å². The Morgan fingerprint density at radius 1 is 0.636 bits per heavy atom. The van der Waals surface area contributed by atoms with Gasteiger partial charge in [-0.3, -0.25) is 19.4 Å². The molecule has 5 heterocycles. The van der Waals surface area contributed by atoms with Crippen molar-refractivity contribution in [3.05, 3.63) is 71.8 Å². The average Bonchev–Trinajstić information content (AvgIpc) is 2.97. The number of aliphatic hydroxyl groups excluding tert-OH is 1. The van der Waals surface area contributed by atoms with Gasteiger partial charge in [0.2, 0.25) is 0 Å². The summed E-state index contributed by atoms with van der Waals surface area (Å²) in [5, 5.41) is 10.1. The number of Topliss-reactive ketones (excluding diaryl/α,β-unsaturated/α-hetero) is 2. The summed E-state index contributed by atoms with van der Waals surface area (Å²) in [7, 11) is 0. The molecule has 2 aromatic carbocycles. The minimum atomic E-state index is -0.157. The van der Waals surface area contributed by atoms with E-state index in [-0.39, 0.29) is 65.5 Å². The predicted molar refractivity (Wildman–Crippen MR) is 169 cm³/mol. The first kappa shape index (κ1) is 38.8. The van der Waals surface area contributed by atoms with Crippen molar-refractivity contribution in [1.29, 1.82) is 0 Å². The summed E-state index contributed by atoms with van der Waals surface area (Å²) >= 11 is 0. The molecule has 241 valence electrons. The Hall–Kier alpha value is -1.36. The number of ether oxygens (including phenoxy) is 3. The van der Waals surface area contributed by atoms with Crippen molar-refractivity contribution in [2.75, 3.05) is 65.8 Å². The molecule has 1 N–H and O–H groups in total. The van der Waals surface area contributed by atoms with Crippen molar-refractivity contribution in [3.63, 3.8) is 0 Å². The summed E-state index contributed by atoms with van der Waals surface area (Å²) in [6.07, 6.45) is 1.09. The van der Waals surface area contributed by atoms with E-state index in [1.54, 1.807) is 0 Å². The van der Waals surface area contributed by atoms with Crippen molar-refractivity contribution in [1.82, 2.24) is 9.80 Å². The van der Waals surface area contributed by atoms with Crippen molar-refractivity contribution in [2.24, 2.45) is 23.7 Å². The van der Waals surface area contributed by atoms with Crippen LogP contribution in [0.1, 0.15) is 38.8 Å². The fraction of sp³-hybridized carbons (Fsp3) is 0.600. The molecule has 5 saturated heterocycles. The smallest absolute Gasteiger partial charge is 0.146 e. The quantitative estimate of drug-likeness (QED) is 0.516. The molecule has 44 heavy (non-hydrogen) atoms. The van der Waals surface area contributed by atoms with Crippen molar-refractivity contribution in [2.45, 2.75) is 46.9 Å². The summed E-state index contributed by atoms with van der Waals surface area (Å²) in [5.74, 6) is 1.56. The number of aliphatic hydroxyl groups is 1.